The lowest BCUT2D eigenvalue weighted by Crippen LogP contribution is -2.48. The van der Waals surface area contributed by atoms with E-state index in [1.165, 1.54) is 12.8 Å². The molecule has 1 heterocycles. The zero-order valence-electron chi connectivity index (χ0n) is 14.2. The lowest BCUT2D eigenvalue weighted by atomic mass is 9.67. The maximum absolute atomic E-state index is 13.1. The number of amides is 1. The molecule has 1 saturated heterocycles. The average molecular weight is 316 g/mol. The van der Waals surface area contributed by atoms with Gasteiger partial charge in [-0.1, -0.05) is 31.0 Å². The van der Waals surface area contributed by atoms with Gasteiger partial charge in [0.1, 0.15) is 5.75 Å². The van der Waals surface area contributed by atoms with Crippen LogP contribution in [-0.2, 0) is 4.79 Å². The smallest absolute Gasteiger partial charge is 0.228 e. The van der Waals surface area contributed by atoms with Crippen molar-refractivity contribution in [1.29, 1.82) is 0 Å². The molecule has 1 unspecified atom stereocenters. The lowest BCUT2D eigenvalue weighted by molar-refractivity contribution is -0.134. The van der Waals surface area contributed by atoms with Gasteiger partial charge in [0.2, 0.25) is 5.91 Å². The van der Waals surface area contributed by atoms with Gasteiger partial charge in [0.25, 0.3) is 0 Å². The Morgan fingerprint density at radius 3 is 3.09 bits per heavy atom. The molecule has 0 aromatic heterocycles. The minimum atomic E-state index is -0.201. The summed E-state index contributed by atoms with van der Waals surface area (Å²) in [6, 6.07) is 7.95. The average Bonchev–Trinajstić information content (AvgIpc) is 3.01. The normalized spacial score (nSPS) is 28.0. The molecule has 2 N–H and O–H groups in total. The zero-order chi connectivity index (χ0) is 16.3. The van der Waals surface area contributed by atoms with Crippen molar-refractivity contribution >= 4 is 5.91 Å². The highest BCUT2D eigenvalue weighted by Gasteiger charge is 2.50. The fourth-order valence-corrected chi connectivity index (χ4v) is 4.23. The van der Waals surface area contributed by atoms with E-state index < -0.39 is 0 Å². The Balaban J connectivity index is 1.75. The van der Waals surface area contributed by atoms with Gasteiger partial charge in [-0.15, -0.1) is 0 Å². The number of nitrogens with one attached hydrogen (secondary N) is 2. The van der Waals surface area contributed by atoms with E-state index in [4.69, 9.17) is 4.74 Å². The van der Waals surface area contributed by atoms with Gasteiger partial charge in [-0.3, -0.25) is 4.79 Å². The molecule has 2 fully saturated rings. The molecular weight excluding hydrogens is 288 g/mol. The molecule has 1 aliphatic heterocycles. The molecular formula is C19H28N2O2. The summed E-state index contributed by atoms with van der Waals surface area (Å²) >= 11 is 0. The van der Waals surface area contributed by atoms with E-state index in [-0.39, 0.29) is 17.4 Å². The maximum atomic E-state index is 13.1. The van der Waals surface area contributed by atoms with Crippen molar-refractivity contribution in [2.75, 3.05) is 19.7 Å². The van der Waals surface area contributed by atoms with E-state index in [1.54, 1.807) is 0 Å². The van der Waals surface area contributed by atoms with E-state index >= 15 is 0 Å². The van der Waals surface area contributed by atoms with E-state index in [9.17, 15) is 4.79 Å². The molecule has 23 heavy (non-hydrogen) atoms. The van der Waals surface area contributed by atoms with Crippen molar-refractivity contribution in [3.63, 3.8) is 0 Å². The third kappa shape index (κ3) is 3.09. The van der Waals surface area contributed by atoms with Crippen LogP contribution >= 0.6 is 0 Å². The van der Waals surface area contributed by atoms with Crippen LogP contribution in [0.25, 0.3) is 0 Å². The van der Waals surface area contributed by atoms with Gasteiger partial charge in [-0.25, -0.2) is 0 Å². The highest BCUT2D eigenvalue weighted by molar-refractivity contribution is 5.84. The zero-order valence-corrected chi connectivity index (χ0v) is 14.2. The van der Waals surface area contributed by atoms with Crippen LogP contribution in [-0.4, -0.2) is 25.6 Å². The first kappa shape index (κ1) is 16.3. The summed E-state index contributed by atoms with van der Waals surface area (Å²) in [4.78, 5) is 13.1. The predicted molar refractivity (Wildman–Crippen MR) is 91.4 cm³/mol. The third-order valence-corrected chi connectivity index (χ3v) is 5.52. The van der Waals surface area contributed by atoms with E-state index in [0.29, 0.717) is 12.5 Å². The molecule has 4 nitrogen and oxygen atoms in total. The molecule has 2 aliphatic rings. The summed E-state index contributed by atoms with van der Waals surface area (Å²) in [5.41, 5.74) is 0.852. The Morgan fingerprint density at radius 2 is 2.26 bits per heavy atom. The van der Waals surface area contributed by atoms with Gasteiger partial charge >= 0.3 is 0 Å². The molecule has 3 rings (SSSR count). The number of benzene rings is 1. The second-order valence-electron chi connectivity index (χ2n) is 6.90. The van der Waals surface area contributed by atoms with Crippen LogP contribution in [0, 0.1) is 11.3 Å². The minimum Gasteiger partial charge on any atom is -0.494 e. The number of hydrogen-bond donors (Lipinski definition) is 2. The highest BCUT2D eigenvalue weighted by atomic mass is 16.5. The molecule has 1 amide bonds. The van der Waals surface area contributed by atoms with Crippen LogP contribution < -0.4 is 15.4 Å². The minimum absolute atomic E-state index is 0.0391. The van der Waals surface area contributed by atoms with Crippen molar-refractivity contribution in [3.8, 4) is 5.75 Å². The Hall–Kier alpha value is -1.55. The standard InChI is InChI=1S/C19H28N2O2/c1-3-23-17-10-5-4-9-16(17)14(2)21-18(22)19-11-7-6-8-15(19)12-20-13-19/h4-5,9-10,14-15,20H,3,6-8,11-13H2,1-2H3,(H,21,22)/t14?,15-,19+/m0/s1. The van der Waals surface area contributed by atoms with Crippen LogP contribution in [0.2, 0.25) is 0 Å². The van der Waals surface area contributed by atoms with Crippen LogP contribution in [0.5, 0.6) is 5.75 Å². The fraction of sp³-hybridized carbons (Fsp3) is 0.632. The summed E-state index contributed by atoms with van der Waals surface area (Å²) in [6.07, 6.45) is 4.60. The van der Waals surface area contributed by atoms with Crippen LogP contribution in [0.15, 0.2) is 24.3 Å². The Bertz CT molecular complexity index is 560. The first-order chi connectivity index (χ1) is 11.2. The van der Waals surface area contributed by atoms with E-state index in [0.717, 1.165) is 37.2 Å². The molecule has 1 saturated carbocycles. The Labute approximate surface area is 139 Å². The van der Waals surface area contributed by atoms with Crippen LogP contribution in [0.1, 0.15) is 51.1 Å². The Kier molecular flexibility index (Phi) is 4.90. The van der Waals surface area contributed by atoms with E-state index in [2.05, 4.69) is 10.6 Å². The molecule has 3 atom stereocenters. The molecule has 0 spiro atoms. The van der Waals surface area contributed by atoms with Crippen molar-refractivity contribution in [2.45, 2.75) is 45.6 Å². The molecule has 0 bridgehead atoms. The van der Waals surface area contributed by atoms with Gasteiger partial charge in [0.15, 0.2) is 0 Å². The monoisotopic (exact) mass is 316 g/mol. The largest absolute Gasteiger partial charge is 0.494 e. The van der Waals surface area contributed by atoms with E-state index in [1.807, 2.05) is 38.1 Å². The van der Waals surface area contributed by atoms with Crippen molar-refractivity contribution in [1.82, 2.24) is 10.6 Å². The second kappa shape index (κ2) is 6.91. The maximum Gasteiger partial charge on any atom is 0.228 e. The number of carbonyl (C=O) groups excluding carboxylic acids is 1. The molecule has 1 aliphatic carbocycles. The number of rotatable bonds is 5. The van der Waals surface area contributed by atoms with Gasteiger partial charge in [-0.05, 0) is 45.2 Å². The first-order valence-corrected chi connectivity index (χ1v) is 8.91. The summed E-state index contributed by atoms with van der Waals surface area (Å²) in [7, 11) is 0. The molecule has 0 radical (unpaired) electrons. The van der Waals surface area contributed by atoms with Crippen molar-refractivity contribution < 1.29 is 9.53 Å². The number of fused-ring (bicyclic) bond motifs is 1. The molecule has 4 heteroatoms. The summed E-state index contributed by atoms with van der Waals surface area (Å²) in [6.45, 7) is 6.47. The fourth-order valence-electron chi connectivity index (χ4n) is 4.23. The Morgan fingerprint density at radius 1 is 1.43 bits per heavy atom. The van der Waals surface area contributed by atoms with Crippen LogP contribution in [0.3, 0.4) is 0 Å². The van der Waals surface area contributed by atoms with Crippen LogP contribution in [0.4, 0.5) is 0 Å². The van der Waals surface area contributed by atoms with Gasteiger partial charge in [0, 0.05) is 12.1 Å². The summed E-state index contributed by atoms with van der Waals surface area (Å²) in [5, 5.41) is 6.71. The van der Waals surface area contributed by atoms with Gasteiger partial charge in [-0.2, -0.15) is 0 Å². The second-order valence-corrected chi connectivity index (χ2v) is 6.90. The number of ether oxygens (including phenoxy) is 1. The number of hydrogen-bond acceptors (Lipinski definition) is 3. The summed E-state index contributed by atoms with van der Waals surface area (Å²) < 4.78 is 5.71. The van der Waals surface area contributed by atoms with Gasteiger partial charge < -0.3 is 15.4 Å². The molecule has 126 valence electrons. The summed E-state index contributed by atoms with van der Waals surface area (Å²) in [5.74, 6) is 1.57. The SMILES string of the molecule is CCOc1ccccc1C(C)NC(=O)[C@@]12CCCC[C@H]1CNC2. The predicted octanol–water partition coefficient (Wildman–Crippen LogP) is 3.04. The van der Waals surface area contributed by atoms with Crippen molar-refractivity contribution in [2.24, 2.45) is 11.3 Å². The number of para-hydroxylation sites is 1. The lowest BCUT2D eigenvalue weighted by Gasteiger charge is -2.38. The quantitative estimate of drug-likeness (QED) is 0.878. The van der Waals surface area contributed by atoms with Crippen molar-refractivity contribution in [3.05, 3.63) is 29.8 Å². The third-order valence-electron chi connectivity index (χ3n) is 5.52. The highest BCUT2D eigenvalue weighted by Crippen LogP contribution is 2.44. The molecule has 1 aromatic carbocycles. The molecule has 1 aromatic rings. The topological polar surface area (TPSA) is 50.4 Å². The van der Waals surface area contributed by atoms with Gasteiger partial charge in [0.05, 0.1) is 18.1 Å². The first-order valence-electron chi connectivity index (χ1n) is 8.91. The number of carbonyl (C=O) groups is 1.